The summed E-state index contributed by atoms with van der Waals surface area (Å²) in [6, 6.07) is 1.61. The number of hydrogen-bond acceptors (Lipinski definition) is 7. The first-order chi connectivity index (χ1) is 12.2. The van der Waals surface area contributed by atoms with Gasteiger partial charge in [-0.15, -0.1) is 10.2 Å². The predicted molar refractivity (Wildman–Crippen MR) is 91.6 cm³/mol. The lowest BCUT2D eigenvalue weighted by Crippen LogP contribution is -2.31. The fourth-order valence-electron chi connectivity index (χ4n) is 3.20. The number of anilines is 1. The van der Waals surface area contributed by atoms with Crippen LogP contribution in [0.5, 0.6) is 0 Å². The van der Waals surface area contributed by atoms with Gasteiger partial charge in [-0.2, -0.15) is 5.10 Å². The molecule has 0 spiro atoms. The third kappa shape index (κ3) is 3.62. The van der Waals surface area contributed by atoms with Gasteiger partial charge in [-0.05, 0) is 44.1 Å². The van der Waals surface area contributed by atoms with E-state index in [1.165, 1.54) is 16.0 Å². The highest BCUT2D eigenvalue weighted by atomic mass is 32.1. The van der Waals surface area contributed by atoms with Gasteiger partial charge < -0.3 is 4.74 Å². The van der Waals surface area contributed by atoms with Gasteiger partial charge in [-0.1, -0.05) is 11.3 Å². The van der Waals surface area contributed by atoms with Crippen molar-refractivity contribution >= 4 is 22.4 Å². The number of hydrogen-bond donors (Lipinski definition) is 1. The van der Waals surface area contributed by atoms with Gasteiger partial charge in [0.05, 0.1) is 5.69 Å². The normalized spacial score (nSPS) is 19.6. The molecule has 2 aromatic rings. The van der Waals surface area contributed by atoms with Gasteiger partial charge in [0.15, 0.2) is 0 Å². The van der Waals surface area contributed by atoms with E-state index >= 15 is 0 Å². The number of fused-ring (bicyclic) bond motifs is 1. The standard InChI is InChI=1S/C16H19N5O3S/c22-13(17-16-19-18-15(25-16)12-6-3-7-24-12)9-21-14(23)8-10-4-1-2-5-11(10)20-21/h8,12H,1-7,9H2,(H,17,19,22)/t12-/m0/s1. The number of rotatable bonds is 4. The van der Waals surface area contributed by atoms with Crippen LogP contribution in [0.25, 0.3) is 0 Å². The van der Waals surface area contributed by atoms with E-state index in [0.29, 0.717) is 5.13 Å². The molecule has 1 saturated heterocycles. The first-order valence-corrected chi connectivity index (χ1v) is 9.35. The summed E-state index contributed by atoms with van der Waals surface area (Å²) >= 11 is 1.31. The Morgan fingerprint density at radius 3 is 3.04 bits per heavy atom. The molecule has 3 heterocycles. The smallest absolute Gasteiger partial charge is 0.267 e. The van der Waals surface area contributed by atoms with Crippen LogP contribution in [-0.4, -0.2) is 32.5 Å². The monoisotopic (exact) mass is 361 g/mol. The average molecular weight is 361 g/mol. The maximum absolute atomic E-state index is 12.2. The zero-order valence-electron chi connectivity index (χ0n) is 13.7. The van der Waals surface area contributed by atoms with E-state index in [0.717, 1.165) is 61.4 Å². The summed E-state index contributed by atoms with van der Waals surface area (Å²) in [5.41, 5.74) is 1.70. The summed E-state index contributed by atoms with van der Waals surface area (Å²) in [7, 11) is 0. The van der Waals surface area contributed by atoms with E-state index in [9.17, 15) is 9.59 Å². The topological polar surface area (TPSA) is 99.0 Å². The summed E-state index contributed by atoms with van der Waals surface area (Å²) < 4.78 is 6.79. The van der Waals surface area contributed by atoms with Crippen LogP contribution in [-0.2, 0) is 28.9 Å². The molecule has 4 rings (SSSR count). The third-order valence-electron chi connectivity index (χ3n) is 4.46. The van der Waals surface area contributed by atoms with Crippen LogP contribution in [0, 0.1) is 0 Å². The molecule has 0 radical (unpaired) electrons. The first kappa shape index (κ1) is 16.3. The average Bonchev–Trinajstić information content (AvgIpc) is 3.26. The molecule has 2 aromatic heterocycles. The Labute approximate surface area is 148 Å². The molecule has 1 fully saturated rings. The Morgan fingerprint density at radius 1 is 1.32 bits per heavy atom. The van der Waals surface area contributed by atoms with Gasteiger partial charge in [0.1, 0.15) is 17.7 Å². The third-order valence-corrected chi connectivity index (χ3v) is 5.39. The van der Waals surface area contributed by atoms with E-state index in [2.05, 4.69) is 20.6 Å². The molecule has 1 amide bonds. The molecular formula is C16H19N5O3S. The highest BCUT2D eigenvalue weighted by Gasteiger charge is 2.22. The molecule has 0 aromatic carbocycles. The van der Waals surface area contributed by atoms with Crippen molar-refractivity contribution in [1.29, 1.82) is 0 Å². The minimum Gasteiger partial charge on any atom is -0.371 e. The quantitative estimate of drug-likeness (QED) is 0.885. The Bertz CT molecular complexity index is 841. The molecule has 1 aliphatic heterocycles. The number of nitrogens with one attached hydrogen (secondary N) is 1. The van der Waals surface area contributed by atoms with Crippen molar-refractivity contribution in [3.05, 3.63) is 32.7 Å². The Kier molecular flexibility index (Phi) is 4.58. The van der Waals surface area contributed by atoms with E-state index in [-0.39, 0.29) is 24.1 Å². The molecule has 9 heteroatoms. The summed E-state index contributed by atoms with van der Waals surface area (Å²) in [5.74, 6) is -0.333. The molecule has 132 valence electrons. The van der Waals surface area contributed by atoms with E-state index < -0.39 is 0 Å². The second kappa shape index (κ2) is 7.01. The number of carbonyl (C=O) groups excluding carboxylic acids is 1. The fourth-order valence-corrected chi connectivity index (χ4v) is 4.04. The lowest BCUT2D eigenvalue weighted by Gasteiger charge is -2.15. The number of ether oxygens (including phenoxy) is 1. The first-order valence-electron chi connectivity index (χ1n) is 8.54. The second-order valence-electron chi connectivity index (χ2n) is 6.31. The fraction of sp³-hybridized carbons (Fsp3) is 0.562. The van der Waals surface area contributed by atoms with Crippen LogP contribution >= 0.6 is 11.3 Å². The van der Waals surface area contributed by atoms with Gasteiger partial charge >= 0.3 is 0 Å². The van der Waals surface area contributed by atoms with Crippen LogP contribution < -0.4 is 10.9 Å². The molecule has 2 aliphatic rings. The minimum atomic E-state index is -0.333. The Morgan fingerprint density at radius 2 is 2.20 bits per heavy atom. The van der Waals surface area contributed by atoms with Gasteiger partial charge in [0.25, 0.3) is 5.56 Å². The van der Waals surface area contributed by atoms with Crippen LogP contribution in [0.2, 0.25) is 0 Å². The van der Waals surface area contributed by atoms with Crippen LogP contribution in [0.15, 0.2) is 10.9 Å². The van der Waals surface area contributed by atoms with Crippen molar-refractivity contribution in [2.24, 2.45) is 0 Å². The molecule has 25 heavy (non-hydrogen) atoms. The van der Waals surface area contributed by atoms with E-state index in [4.69, 9.17) is 4.74 Å². The molecule has 1 atom stereocenters. The molecule has 0 unspecified atom stereocenters. The number of amides is 1. The van der Waals surface area contributed by atoms with Gasteiger partial charge in [-0.3, -0.25) is 14.9 Å². The number of nitrogens with zero attached hydrogens (tertiary/aromatic N) is 4. The highest BCUT2D eigenvalue weighted by Crippen LogP contribution is 2.31. The van der Waals surface area contributed by atoms with Crippen molar-refractivity contribution in [3.63, 3.8) is 0 Å². The molecule has 1 N–H and O–H groups in total. The SMILES string of the molecule is O=C(Cn1nc2c(cc1=O)CCCC2)Nc1nnc([C@@H]2CCCO2)s1. The summed E-state index contributed by atoms with van der Waals surface area (Å²) in [6.45, 7) is 0.611. The molecule has 8 nitrogen and oxygen atoms in total. The molecule has 0 bridgehead atoms. The minimum absolute atomic E-state index is 0.0203. The summed E-state index contributed by atoms with van der Waals surface area (Å²) in [5, 5.41) is 16.3. The predicted octanol–water partition coefficient (Wildman–Crippen LogP) is 1.46. The van der Waals surface area contributed by atoms with Crippen LogP contribution in [0.4, 0.5) is 5.13 Å². The zero-order chi connectivity index (χ0) is 17.2. The van der Waals surface area contributed by atoms with Gasteiger partial charge in [0, 0.05) is 12.7 Å². The van der Waals surface area contributed by atoms with Crippen LogP contribution in [0.3, 0.4) is 0 Å². The largest absolute Gasteiger partial charge is 0.371 e. The van der Waals surface area contributed by atoms with Gasteiger partial charge in [0.2, 0.25) is 11.0 Å². The highest BCUT2D eigenvalue weighted by molar-refractivity contribution is 7.15. The Balaban J connectivity index is 1.43. The van der Waals surface area contributed by atoms with Crippen molar-refractivity contribution in [3.8, 4) is 0 Å². The number of aromatic nitrogens is 4. The molecular weight excluding hydrogens is 342 g/mol. The van der Waals surface area contributed by atoms with E-state index in [1.807, 2.05) is 0 Å². The van der Waals surface area contributed by atoms with Gasteiger partial charge in [-0.25, -0.2) is 4.68 Å². The summed E-state index contributed by atoms with van der Waals surface area (Å²) in [6.07, 6.45) is 5.83. The van der Waals surface area contributed by atoms with Crippen molar-refractivity contribution in [1.82, 2.24) is 20.0 Å². The zero-order valence-corrected chi connectivity index (χ0v) is 14.5. The lowest BCUT2D eigenvalue weighted by atomic mass is 9.97. The lowest BCUT2D eigenvalue weighted by molar-refractivity contribution is -0.117. The number of aryl methyl sites for hydroxylation is 2. The van der Waals surface area contributed by atoms with Crippen molar-refractivity contribution < 1.29 is 9.53 Å². The number of carbonyl (C=O) groups is 1. The van der Waals surface area contributed by atoms with Crippen molar-refractivity contribution in [2.75, 3.05) is 11.9 Å². The maximum atomic E-state index is 12.2. The molecule has 0 saturated carbocycles. The molecule has 1 aliphatic carbocycles. The van der Waals surface area contributed by atoms with Crippen molar-refractivity contribution in [2.45, 2.75) is 51.2 Å². The summed E-state index contributed by atoms with van der Waals surface area (Å²) in [4.78, 5) is 24.4. The van der Waals surface area contributed by atoms with E-state index in [1.54, 1.807) is 6.07 Å². The second-order valence-corrected chi connectivity index (χ2v) is 7.32. The maximum Gasteiger partial charge on any atom is 0.267 e. The van der Waals surface area contributed by atoms with Crippen LogP contribution in [0.1, 0.15) is 48.1 Å². The Hall–Kier alpha value is -2.13.